The molecule has 1 aromatic rings. The summed E-state index contributed by atoms with van der Waals surface area (Å²) >= 11 is 0. The standard InChI is InChI=1S/C14H17N/c15-13-6-5-10(8-13)7-12-9-11-3-1-2-4-14(11)12/h1-4,7,12-13H,5-6,8-9,15H2. The summed E-state index contributed by atoms with van der Waals surface area (Å²) in [5, 5.41) is 0. The van der Waals surface area contributed by atoms with E-state index >= 15 is 0 Å². The molecule has 2 atom stereocenters. The topological polar surface area (TPSA) is 26.0 Å². The lowest BCUT2D eigenvalue weighted by Crippen LogP contribution is -2.15. The van der Waals surface area contributed by atoms with Gasteiger partial charge in [-0.25, -0.2) is 0 Å². The lowest BCUT2D eigenvalue weighted by molar-refractivity contribution is 0.707. The highest BCUT2D eigenvalue weighted by molar-refractivity contribution is 5.43. The predicted molar refractivity (Wildman–Crippen MR) is 62.8 cm³/mol. The minimum absolute atomic E-state index is 0.423. The lowest BCUT2D eigenvalue weighted by atomic mass is 9.77. The van der Waals surface area contributed by atoms with Crippen LogP contribution in [0.25, 0.3) is 0 Å². The largest absolute Gasteiger partial charge is 0.327 e. The molecule has 0 radical (unpaired) electrons. The van der Waals surface area contributed by atoms with Gasteiger partial charge in [-0.3, -0.25) is 0 Å². The van der Waals surface area contributed by atoms with Gasteiger partial charge in [0, 0.05) is 12.0 Å². The minimum atomic E-state index is 0.423. The third kappa shape index (κ3) is 1.61. The Kier molecular flexibility index (Phi) is 2.14. The number of hydrogen-bond donors (Lipinski definition) is 1. The van der Waals surface area contributed by atoms with Crippen LogP contribution in [0.3, 0.4) is 0 Å². The Hall–Kier alpha value is -1.08. The summed E-state index contributed by atoms with van der Waals surface area (Å²) in [6, 6.07) is 9.20. The smallest absolute Gasteiger partial charge is 0.00791 e. The molecule has 0 heterocycles. The van der Waals surface area contributed by atoms with Gasteiger partial charge in [0.2, 0.25) is 0 Å². The molecule has 1 saturated carbocycles. The van der Waals surface area contributed by atoms with E-state index in [4.69, 9.17) is 5.73 Å². The summed E-state index contributed by atoms with van der Waals surface area (Å²) in [6.45, 7) is 0. The van der Waals surface area contributed by atoms with Gasteiger partial charge in [-0.1, -0.05) is 35.9 Å². The van der Waals surface area contributed by atoms with Gasteiger partial charge in [0.15, 0.2) is 0 Å². The van der Waals surface area contributed by atoms with Crippen LogP contribution in [-0.4, -0.2) is 6.04 Å². The van der Waals surface area contributed by atoms with Gasteiger partial charge in [-0.2, -0.15) is 0 Å². The highest BCUT2D eigenvalue weighted by Gasteiger charge is 2.25. The van der Waals surface area contributed by atoms with Crippen LogP contribution in [0.5, 0.6) is 0 Å². The number of nitrogens with two attached hydrogens (primary N) is 1. The maximum atomic E-state index is 5.91. The van der Waals surface area contributed by atoms with E-state index in [9.17, 15) is 0 Å². The third-order valence-corrected chi connectivity index (χ3v) is 3.69. The molecule has 0 aliphatic heterocycles. The van der Waals surface area contributed by atoms with Crippen molar-refractivity contribution >= 4 is 0 Å². The molecule has 2 aliphatic carbocycles. The zero-order valence-corrected chi connectivity index (χ0v) is 8.95. The summed E-state index contributed by atoms with van der Waals surface area (Å²) in [5.41, 5.74) is 10.6. The van der Waals surface area contributed by atoms with Crippen molar-refractivity contribution in [3.63, 3.8) is 0 Å². The van der Waals surface area contributed by atoms with E-state index in [1.165, 1.54) is 30.4 Å². The van der Waals surface area contributed by atoms with Gasteiger partial charge in [-0.05, 0) is 36.8 Å². The second-order valence-corrected chi connectivity index (χ2v) is 4.84. The van der Waals surface area contributed by atoms with Crippen molar-refractivity contribution in [1.29, 1.82) is 0 Å². The zero-order valence-electron chi connectivity index (χ0n) is 8.95. The van der Waals surface area contributed by atoms with Gasteiger partial charge in [0.1, 0.15) is 0 Å². The van der Waals surface area contributed by atoms with Gasteiger partial charge >= 0.3 is 0 Å². The molecule has 1 heteroatoms. The van der Waals surface area contributed by atoms with Gasteiger partial charge in [-0.15, -0.1) is 0 Å². The summed E-state index contributed by atoms with van der Waals surface area (Å²) in [7, 11) is 0. The molecule has 15 heavy (non-hydrogen) atoms. The zero-order chi connectivity index (χ0) is 10.3. The maximum absolute atomic E-state index is 5.91. The first-order valence-corrected chi connectivity index (χ1v) is 5.86. The molecule has 0 bridgehead atoms. The van der Waals surface area contributed by atoms with E-state index in [0.29, 0.717) is 12.0 Å². The Balaban J connectivity index is 1.78. The third-order valence-electron chi connectivity index (χ3n) is 3.69. The van der Waals surface area contributed by atoms with Crippen LogP contribution in [-0.2, 0) is 6.42 Å². The molecule has 2 aliphatic rings. The summed E-state index contributed by atoms with van der Waals surface area (Å²) < 4.78 is 0. The Morgan fingerprint density at radius 1 is 1.20 bits per heavy atom. The molecule has 0 spiro atoms. The molecular formula is C14H17N. The minimum Gasteiger partial charge on any atom is -0.327 e. The van der Waals surface area contributed by atoms with Crippen molar-refractivity contribution in [2.75, 3.05) is 0 Å². The van der Waals surface area contributed by atoms with Crippen molar-refractivity contribution in [3.05, 3.63) is 47.0 Å². The van der Waals surface area contributed by atoms with Crippen molar-refractivity contribution < 1.29 is 0 Å². The fourth-order valence-electron chi connectivity index (χ4n) is 2.79. The van der Waals surface area contributed by atoms with Crippen LogP contribution in [0.15, 0.2) is 35.9 Å². The first-order chi connectivity index (χ1) is 7.33. The summed E-state index contributed by atoms with van der Waals surface area (Å²) in [6.07, 6.45) is 7.23. The summed E-state index contributed by atoms with van der Waals surface area (Å²) in [4.78, 5) is 0. The normalized spacial score (nSPS) is 31.4. The molecule has 0 aromatic heterocycles. The van der Waals surface area contributed by atoms with E-state index < -0.39 is 0 Å². The Bertz CT molecular complexity index is 406. The molecule has 0 amide bonds. The molecular weight excluding hydrogens is 182 g/mol. The van der Waals surface area contributed by atoms with Crippen molar-refractivity contribution in [1.82, 2.24) is 0 Å². The Labute approximate surface area is 91.0 Å². The van der Waals surface area contributed by atoms with Crippen molar-refractivity contribution in [3.8, 4) is 0 Å². The molecule has 1 aromatic carbocycles. The fourth-order valence-corrected chi connectivity index (χ4v) is 2.79. The molecule has 2 N–H and O–H groups in total. The van der Waals surface area contributed by atoms with Crippen LogP contribution in [0.1, 0.15) is 36.3 Å². The average molecular weight is 199 g/mol. The summed E-state index contributed by atoms with van der Waals surface area (Å²) in [5.74, 6) is 0.682. The molecule has 2 unspecified atom stereocenters. The fraction of sp³-hybridized carbons (Fsp3) is 0.429. The van der Waals surface area contributed by atoms with Crippen molar-refractivity contribution in [2.24, 2.45) is 5.73 Å². The first-order valence-electron chi connectivity index (χ1n) is 5.86. The monoisotopic (exact) mass is 199 g/mol. The van der Waals surface area contributed by atoms with Crippen LogP contribution in [0.2, 0.25) is 0 Å². The van der Waals surface area contributed by atoms with Crippen LogP contribution >= 0.6 is 0 Å². The van der Waals surface area contributed by atoms with E-state index in [1.54, 1.807) is 5.57 Å². The van der Waals surface area contributed by atoms with E-state index in [2.05, 4.69) is 30.3 Å². The Morgan fingerprint density at radius 2 is 2.07 bits per heavy atom. The quantitative estimate of drug-likeness (QED) is 0.691. The first kappa shape index (κ1) is 9.17. The highest BCUT2D eigenvalue weighted by Crippen LogP contribution is 2.38. The molecule has 3 rings (SSSR count). The number of hydrogen-bond acceptors (Lipinski definition) is 1. The molecule has 0 saturated heterocycles. The second-order valence-electron chi connectivity index (χ2n) is 4.84. The molecule has 1 fully saturated rings. The lowest BCUT2D eigenvalue weighted by Gasteiger charge is -2.28. The van der Waals surface area contributed by atoms with E-state index in [1.807, 2.05) is 0 Å². The predicted octanol–water partition coefficient (Wildman–Crippen LogP) is 2.76. The van der Waals surface area contributed by atoms with Gasteiger partial charge in [0.25, 0.3) is 0 Å². The number of rotatable bonds is 1. The number of allylic oxidation sites excluding steroid dienone is 1. The highest BCUT2D eigenvalue weighted by atomic mass is 14.6. The average Bonchev–Trinajstić information content (AvgIpc) is 2.61. The van der Waals surface area contributed by atoms with E-state index in [-0.39, 0.29) is 0 Å². The number of fused-ring (bicyclic) bond motifs is 1. The molecule has 1 nitrogen and oxygen atoms in total. The maximum Gasteiger partial charge on any atom is 0.00791 e. The van der Waals surface area contributed by atoms with Crippen LogP contribution in [0, 0.1) is 0 Å². The second kappa shape index (κ2) is 3.49. The van der Waals surface area contributed by atoms with Gasteiger partial charge in [0.05, 0.1) is 0 Å². The molecule has 78 valence electrons. The van der Waals surface area contributed by atoms with Crippen LogP contribution in [0.4, 0.5) is 0 Å². The van der Waals surface area contributed by atoms with Gasteiger partial charge < -0.3 is 5.73 Å². The van der Waals surface area contributed by atoms with Crippen molar-refractivity contribution in [2.45, 2.75) is 37.6 Å². The Morgan fingerprint density at radius 3 is 2.80 bits per heavy atom. The SMILES string of the molecule is NC1CCC(=CC2Cc3ccccc32)C1. The number of benzene rings is 1. The van der Waals surface area contributed by atoms with Crippen LogP contribution < -0.4 is 5.73 Å². The van der Waals surface area contributed by atoms with E-state index in [0.717, 1.165) is 6.42 Å².